The second-order valence-electron chi connectivity index (χ2n) is 6.68. The summed E-state index contributed by atoms with van der Waals surface area (Å²) in [5.41, 5.74) is 1.35. The van der Waals surface area contributed by atoms with E-state index in [1.54, 1.807) is 28.9 Å². The number of aromatic nitrogens is 1. The van der Waals surface area contributed by atoms with Crippen molar-refractivity contribution in [3.8, 4) is 5.88 Å². The van der Waals surface area contributed by atoms with Crippen LogP contribution < -0.4 is 0 Å². The number of allylic oxidation sites excluding steroid dienone is 1. The van der Waals surface area contributed by atoms with Crippen LogP contribution in [0.15, 0.2) is 41.9 Å². The Morgan fingerprint density at radius 1 is 1.46 bits per heavy atom. The molecule has 136 valence electrons. The van der Waals surface area contributed by atoms with Crippen LogP contribution in [0.4, 0.5) is 10.1 Å². The highest BCUT2D eigenvalue weighted by molar-refractivity contribution is 6.00. The first-order chi connectivity index (χ1) is 12.6. The Morgan fingerprint density at radius 2 is 2.31 bits per heavy atom. The van der Waals surface area contributed by atoms with E-state index in [9.17, 15) is 14.4 Å². The van der Waals surface area contributed by atoms with Gasteiger partial charge in [0.25, 0.3) is 0 Å². The molecular weight excluding hydrogens is 339 g/mol. The molecule has 1 N–H and O–H groups in total. The first kappa shape index (κ1) is 16.9. The summed E-state index contributed by atoms with van der Waals surface area (Å²) in [4.78, 5) is 11.3. The Hall–Kier alpha value is -2.51. The zero-order chi connectivity index (χ0) is 18.3. The summed E-state index contributed by atoms with van der Waals surface area (Å²) < 4.78 is 26.7. The predicted molar refractivity (Wildman–Crippen MR) is 95.6 cm³/mol. The minimum Gasteiger partial charge on any atom is -0.493 e. The summed E-state index contributed by atoms with van der Waals surface area (Å²) in [6.45, 7) is 4.64. The summed E-state index contributed by atoms with van der Waals surface area (Å²) in [6, 6.07) is 5.42. The number of fused-ring (bicyclic) bond motifs is 2. The molecule has 2 heterocycles. The number of nitrogens with zero attached hydrogens (tertiary/aromatic N) is 2. The molecule has 26 heavy (non-hydrogen) atoms. The van der Waals surface area contributed by atoms with E-state index in [2.05, 4.69) is 11.8 Å². The summed E-state index contributed by atoms with van der Waals surface area (Å²) >= 11 is 0. The Balaban J connectivity index is 1.78. The monoisotopic (exact) mass is 358 g/mol. The van der Waals surface area contributed by atoms with Crippen molar-refractivity contribution in [2.24, 2.45) is 17.0 Å². The molecule has 2 aliphatic rings. The number of benzene rings is 1. The standard InChI is InChI=1S/C19H19FN2O4/c1-2-11-4-3-5-15-16(11)17(21-24)19(23)22(15)8-12-6-14(20)7-13-9-25-10-26-18(12)13/h2-5,7,12-13,18,23H,1,6,8-10H2. The molecule has 0 saturated carbocycles. The molecule has 0 bridgehead atoms. The molecule has 1 aliphatic heterocycles. The number of halogens is 1. The molecule has 3 unspecified atom stereocenters. The van der Waals surface area contributed by atoms with Gasteiger partial charge in [0.15, 0.2) is 5.69 Å². The molecule has 0 amide bonds. The quantitative estimate of drug-likeness (QED) is 0.829. The minimum atomic E-state index is -0.220. The molecule has 2 aromatic rings. The van der Waals surface area contributed by atoms with E-state index in [0.29, 0.717) is 29.6 Å². The predicted octanol–water partition coefficient (Wildman–Crippen LogP) is 4.25. The van der Waals surface area contributed by atoms with Crippen molar-refractivity contribution in [3.05, 3.63) is 47.2 Å². The number of hydrogen-bond acceptors (Lipinski definition) is 5. The molecular formula is C19H19FN2O4. The summed E-state index contributed by atoms with van der Waals surface area (Å²) in [5, 5.41) is 14.1. The van der Waals surface area contributed by atoms with Gasteiger partial charge in [-0.2, -0.15) is 0 Å². The van der Waals surface area contributed by atoms with Gasteiger partial charge in [0.1, 0.15) is 6.79 Å². The SMILES string of the molecule is C=Cc1cccc2c1c(N=O)c(O)n2CC1CC(F)=CC2COCOC21. The van der Waals surface area contributed by atoms with Crippen LogP contribution >= 0.6 is 0 Å². The Labute approximate surface area is 149 Å². The van der Waals surface area contributed by atoms with E-state index in [1.165, 1.54) is 0 Å². The summed E-state index contributed by atoms with van der Waals surface area (Å²) in [6.07, 6.45) is 3.19. The van der Waals surface area contributed by atoms with Gasteiger partial charge in [-0.25, -0.2) is 4.39 Å². The maximum absolute atomic E-state index is 14.1. The van der Waals surface area contributed by atoms with E-state index >= 15 is 0 Å². The molecule has 0 radical (unpaired) electrons. The van der Waals surface area contributed by atoms with Crippen LogP contribution in [0, 0.1) is 16.7 Å². The minimum absolute atomic E-state index is 0.0215. The zero-order valence-corrected chi connectivity index (χ0v) is 14.1. The van der Waals surface area contributed by atoms with Crippen molar-refractivity contribution < 1.29 is 19.0 Å². The van der Waals surface area contributed by atoms with Crippen molar-refractivity contribution in [1.29, 1.82) is 0 Å². The van der Waals surface area contributed by atoms with Gasteiger partial charge in [-0.1, -0.05) is 24.8 Å². The first-order valence-electron chi connectivity index (χ1n) is 8.49. The maximum Gasteiger partial charge on any atom is 0.222 e. The van der Waals surface area contributed by atoms with Gasteiger partial charge >= 0.3 is 0 Å². The van der Waals surface area contributed by atoms with E-state index in [-0.39, 0.29) is 48.5 Å². The van der Waals surface area contributed by atoms with Gasteiger partial charge in [-0.15, -0.1) is 4.91 Å². The Bertz CT molecular complexity index is 905. The fourth-order valence-corrected chi connectivity index (χ4v) is 4.06. The zero-order valence-electron chi connectivity index (χ0n) is 14.1. The van der Waals surface area contributed by atoms with Crippen LogP contribution in [0.5, 0.6) is 5.88 Å². The lowest BCUT2D eigenvalue weighted by Gasteiger charge is -2.38. The third-order valence-corrected chi connectivity index (χ3v) is 5.19. The maximum atomic E-state index is 14.1. The van der Waals surface area contributed by atoms with Crippen molar-refractivity contribution in [1.82, 2.24) is 4.57 Å². The number of hydrogen-bond donors (Lipinski definition) is 1. The molecule has 0 spiro atoms. The molecule has 4 rings (SSSR count). The Morgan fingerprint density at radius 3 is 3.08 bits per heavy atom. The third kappa shape index (κ3) is 2.64. The van der Waals surface area contributed by atoms with Crippen LogP contribution in [0.1, 0.15) is 12.0 Å². The highest BCUT2D eigenvalue weighted by Crippen LogP contribution is 2.43. The van der Waals surface area contributed by atoms with E-state index in [1.807, 2.05) is 6.07 Å². The molecule has 3 atom stereocenters. The highest BCUT2D eigenvalue weighted by Gasteiger charge is 2.38. The molecule has 6 nitrogen and oxygen atoms in total. The lowest BCUT2D eigenvalue weighted by atomic mass is 9.82. The van der Waals surface area contributed by atoms with Gasteiger partial charge in [0, 0.05) is 30.2 Å². The van der Waals surface area contributed by atoms with Crippen molar-refractivity contribution >= 4 is 22.7 Å². The topological polar surface area (TPSA) is 73.0 Å². The third-order valence-electron chi connectivity index (χ3n) is 5.19. The van der Waals surface area contributed by atoms with Crippen LogP contribution in [0.25, 0.3) is 17.0 Å². The molecule has 1 aliphatic carbocycles. The fourth-order valence-electron chi connectivity index (χ4n) is 4.06. The second-order valence-corrected chi connectivity index (χ2v) is 6.68. The first-order valence-corrected chi connectivity index (χ1v) is 8.49. The van der Waals surface area contributed by atoms with E-state index in [4.69, 9.17) is 9.47 Å². The van der Waals surface area contributed by atoms with Crippen LogP contribution in [0.3, 0.4) is 0 Å². The van der Waals surface area contributed by atoms with Crippen molar-refractivity contribution in [2.75, 3.05) is 13.4 Å². The number of ether oxygens (including phenoxy) is 2. The summed E-state index contributed by atoms with van der Waals surface area (Å²) in [7, 11) is 0. The van der Waals surface area contributed by atoms with Crippen molar-refractivity contribution in [2.45, 2.75) is 19.1 Å². The average molecular weight is 358 g/mol. The van der Waals surface area contributed by atoms with Gasteiger partial charge in [0.05, 0.1) is 24.1 Å². The number of aromatic hydroxyl groups is 1. The number of nitroso groups, excluding NO2 is 1. The fraction of sp³-hybridized carbons (Fsp3) is 0.368. The largest absolute Gasteiger partial charge is 0.493 e. The molecule has 1 fully saturated rings. The van der Waals surface area contributed by atoms with E-state index < -0.39 is 0 Å². The molecule has 7 heteroatoms. The normalized spacial score (nSPS) is 25.6. The molecule has 1 aromatic carbocycles. The lowest BCUT2D eigenvalue weighted by molar-refractivity contribution is -0.181. The second kappa shape index (κ2) is 6.66. The van der Waals surface area contributed by atoms with Crippen LogP contribution in [0.2, 0.25) is 0 Å². The van der Waals surface area contributed by atoms with Crippen LogP contribution in [-0.2, 0) is 16.0 Å². The smallest absolute Gasteiger partial charge is 0.222 e. The van der Waals surface area contributed by atoms with E-state index in [0.717, 1.165) is 0 Å². The molecule has 1 aromatic heterocycles. The van der Waals surface area contributed by atoms with Gasteiger partial charge in [0.2, 0.25) is 5.88 Å². The number of rotatable bonds is 4. The molecule has 1 saturated heterocycles. The van der Waals surface area contributed by atoms with Gasteiger partial charge < -0.3 is 19.1 Å². The highest BCUT2D eigenvalue weighted by atomic mass is 19.1. The van der Waals surface area contributed by atoms with Gasteiger partial charge in [-0.05, 0) is 22.9 Å². The average Bonchev–Trinajstić information content (AvgIpc) is 2.93. The Kier molecular flexibility index (Phi) is 4.34. The summed E-state index contributed by atoms with van der Waals surface area (Å²) in [5.74, 6) is -0.772. The van der Waals surface area contributed by atoms with Gasteiger partial charge in [-0.3, -0.25) is 0 Å². The van der Waals surface area contributed by atoms with Crippen molar-refractivity contribution in [3.63, 3.8) is 0 Å². The van der Waals surface area contributed by atoms with Crippen LogP contribution in [-0.4, -0.2) is 29.2 Å². The lowest BCUT2D eigenvalue weighted by Crippen LogP contribution is -2.42.